The number of fused-ring (bicyclic) bond motifs is 3. The third kappa shape index (κ3) is 2.03. The number of Topliss-reactive ketones (excluding diaryl/α,β-unsaturated/α-hetero) is 1. The molecule has 3 aliphatic rings. The molecule has 5 nitrogen and oxygen atoms in total. The summed E-state index contributed by atoms with van der Waals surface area (Å²) in [5, 5.41) is 0. The van der Waals surface area contributed by atoms with Crippen LogP contribution in [0.4, 0.5) is 0 Å². The minimum atomic E-state index is -0.203. The van der Waals surface area contributed by atoms with Gasteiger partial charge in [0, 0.05) is 25.9 Å². The number of ketones is 1. The third-order valence-electron chi connectivity index (χ3n) is 5.06. The molecule has 4 rings (SSSR count). The van der Waals surface area contributed by atoms with E-state index in [0.717, 1.165) is 18.5 Å². The van der Waals surface area contributed by atoms with Crippen LogP contribution in [-0.2, 0) is 20.8 Å². The highest BCUT2D eigenvalue weighted by atomic mass is 16.2. The maximum absolute atomic E-state index is 12.5. The molecule has 1 saturated heterocycles. The smallest absolute Gasteiger partial charge is 0.242 e. The summed E-state index contributed by atoms with van der Waals surface area (Å²) >= 11 is 0. The van der Waals surface area contributed by atoms with Crippen LogP contribution in [-0.4, -0.2) is 47.0 Å². The lowest BCUT2D eigenvalue weighted by Crippen LogP contribution is -2.57. The SMILES string of the molecule is O=C1CC(C(=O)N2CC(=O)N3CCc4ccccc4[C@H]3C2)C1. The lowest BCUT2D eigenvalue weighted by Gasteiger charge is -2.45. The van der Waals surface area contributed by atoms with Crippen molar-refractivity contribution in [1.82, 2.24) is 9.80 Å². The van der Waals surface area contributed by atoms with Gasteiger partial charge in [-0.05, 0) is 17.5 Å². The number of carbonyl (C=O) groups is 3. The van der Waals surface area contributed by atoms with Gasteiger partial charge in [-0.2, -0.15) is 0 Å². The molecule has 1 saturated carbocycles. The van der Waals surface area contributed by atoms with Crippen molar-refractivity contribution < 1.29 is 14.4 Å². The second-order valence-corrected chi connectivity index (χ2v) is 6.41. The van der Waals surface area contributed by atoms with Crippen LogP contribution < -0.4 is 0 Å². The van der Waals surface area contributed by atoms with Gasteiger partial charge in [0.1, 0.15) is 5.78 Å². The molecule has 1 aliphatic carbocycles. The topological polar surface area (TPSA) is 57.7 Å². The standard InChI is InChI=1S/C17H18N2O3/c20-13-7-12(8-13)17(22)18-9-15-14-4-2-1-3-11(14)5-6-19(15)16(21)10-18/h1-4,12,15H,5-10H2/t15-/m1/s1. The Kier molecular flexibility index (Phi) is 3.03. The Bertz CT molecular complexity index is 662. The van der Waals surface area contributed by atoms with Crippen LogP contribution in [0.15, 0.2) is 24.3 Å². The first kappa shape index (κ1) is 13.5. The van der Waals surface area contributed by atoms with Gasteiger partial charge < -0.3 is 9.80 Å². The number of hydrogen-bond donors (Lipinski definition) is 0. The number of benzene rings is 1. The zero-order valence-electron chi connectivity index (χ0n) is 12.3. The number of piperazine rings is 1. The van der Waals surface area contributed by atoms with Crippen LogP contribution in [0.3, 0.4) is 0 Å². The van der Waals surface area contributed by atoms with E-state index in [4.69, 9.17) is 0 Å². The largest absolute Gasteiger partial charge is 0.332 e. The summed E-state index contributed by atoms with van der Waals surface area (Å²) in [6.45, 7) is 1.43. The van der Waals surface area contributed by atoms with Gasteiger partial charge in [0.25, 0.3) is 0 Å². The van der Waals surface area contributed by atoms with Gasteiger partial charge >= 0.3 is 0 Å². The highest BCUT2D eigenvalue weighted by Crippen LogP contribution is 2.34. The van der Waals surface area contributed by atoms with Crippen molar-refractivity contribution in [2.45, 2.75) is 25.3 Å². The van der Waals surface area contributed by atoms with E-state index in [1.54, 1.807) is 4.90 Å². The van der Waals surface area contributed by atoms with Crippen LogP contribution in [0.25, 0.3) is 0 Å². The van der Waals surface area contributed by atoms with Gasteiger partial charge in [-0.3, -0.25) is 14.4 Å². The highest BCUT2D eigenvalue weighted by molar-refractivity contribution is 5.97. The molecule has 2 fully saturated rings. The Balaban J connectivity index is 1.59. The molecule has 2 amide bonds. The maximum Gasteiger partial charge on any atom is 0.242 e. The van der Waals surface area contributed by atoms with Crippen molar-refractivity contribution in [3.8, 4) is 0 Å². The summed E-state index contributed by atoms with van der Waals surface area (Å²) in [5.41, 5.74) is 2.42. The highest BCUT2D eigenvalue weighted by Gasteiger charge is 2.42. The summed E-state index contributed by atoms with van der Waals surface area (Å²) in [6, 6.07) is 8.12. The van der Waals surface area contributed by atoms with Gasteiger partial charge in [-0.25, -0.2) is 0 Å². The number of nitrogens with zero attached hydrogens (tertiary/aromatic N) is 2. The van der Waals surface area contributed by atoms with Crippen LogP contribution in [0.1, 0.15) is 30.0 Å². The fourth-order valence-corrected chi connectivity index (χ4v) is 3.76. The van der Waals surface area contributed by atoms with Gasteiger partial charge in [-0.1, -0.05) is 24.3 Å². The number of hydrogen-bond acceptors (Lipinski definition) is 3. The Hall–Kier alpha value is -2.17. The van der Waals surface area contributed by atoms with Gasteiger partial charge in [-0.15, -0.1) is 0 Å². The Morgan fingerprint density at radius 1 is 1.14 bits per heavy atom. The first-order valence-electron chi connectivity index (χ1n) is 7.81. The molecule has 1 aromatic carbocycles. The van der Waals surface area contributed by atoms with Crippen molar-refractivity contribution >= 4 is 17.6 Å². The first-order chi connectivity index (χ1) is 10.6. The summed E-state index contributed by atoms with van der Waals surface area (Å²) in [4.78, 5) is 39.5. The fourth-order valence-electron chi connectivity index (χ4n) is 3.76. The second kappa shape index (κ2) is 4.93. The van der Waals surface area contributed by atoms with Gasteiger partial charge in [0.15, 0.2) is 0 Å². The first-order valence-corrected chi connectivity index (χ1v) is 7.81. The Labute approximate surface area is 128 Å². The van der Waals surface area contributed by atoms with Gasteiger partial charge in [0.05, 0.1) is 18.5 Å². The molecule has 0 bridgehead atoms. The molecule has 0 radical (unpaired) electrons. The van der Waals surface area contributed by atoms with E-state index in [2.05, 4.69) is 12.1 Å². The molecule has 1 atom stereocenters. The van der Waals surface area contributed by atoms with E-state index < -0.39 is 0 Å². The second-order valence-electron chi connectivity index (χ2n) is 6.41. The van der Waals surface area contributed by atoms with Crippen LogP contribution in [0.5, 0.6) is 0 Å². The Morgan fingerprint density at radius 2 is 1.91 bits per heavy atom. The summed E-state index contributed by atoms with van der Waals surface area (Å²) in [6.07, 6.45) is 1.56. The van der Waals surface area contributed by atoms with Crippen molar-refractivity contribution in [1.29, 1.82) is 0 Å². The molecule has 1 aromatic rings. The van der Waals surface area contributed by atoms with E-state index in [1.807, 2.05) is 17.0 Å². The minimum Gasteiger partial charge on any atom is -0.332 e. The average molecular weight is 298 g/mol. The van der Waals surface area contributed by atoms with E-state index in [-0.39, 0.29) is 36.1 Å². The predicted octanol–water partition coefficient (Wildman–Crippen LogP) is 0.934. The number of carbonyl (C=O) groups excluding carboxylic acids is 3. The minimum absolute atomic E-state index is 0.0183. The van der Waals surface area contributed by atoms with Crippen molar-refractivity contribution in [3.05, 3.63) is 35.4 Å². The quantitative estimate of drug-likeness (QED) is 0.775. The van der Waals surface area contributed by atoms with Crippen molar-refractivity contribution in [2.75, 3.05) is 19.6 Å². The predicted molar refractivity (Wildman–Crippen MR) is 78.9 cm³/mol. The molecular formula is C17H18N2O3. The lowest BCUT2D eigenvalue weighted by atomic mass is 9.82. The monoisotopic (exact) mass is 298 g/mol. The van der Waals surface area contributed by atoms with E-state index >= 15 is 0 Å². The van der Waals surface area contributed by atoms with E-state index in [1.165, 1.54) is 5.56 Å². The molecular weight excluding hydrogens is 280 g/mol. The molecule has 2 aliphatic heterocycles. The van der Waals surface area contributed by atoms with E-state index in [9.17, 15) is 14.4 Å². The zero-order chi connectivity index (χ0) is 15.3. The van der Waals surface area contributed by atoms with Crippen LogP contribution >= 0.6 is 0 Å². The van der Waals surface area contributed by atoms with Crippen molar-refractivity contribution in [2.24, 2.45) is 5.92 Å². The Morgan fingerprint density at radius 3 is 2.68 bits per heavy atom. The van der Waals surface area contributed by atoms with Crippen molar-refractivity contribution in [3.63, 3.8) is 0 Å². The zero-order valence-corrected chi connectivity index (χ0v) is 12.3. The molecule has 22 heavy (non-hydrogen) atoms. The van der Waals surface area contributed by atoms with Crippen LogP contribution in [0.2, 0.25) is 0 Å². The van der Waals surface area contributed by atoms with Crippen LogP contribution in [0, 0.1) is 5.92 Å². The number of rotatable bonds is 1. The molecule has 2 heterocycles. The molecule has 5 heteroatoms. The fraction of sp³-hybridized carbons (Fsp3) is 0.471. The third-order valence-corrected chi connectivity index (χ3v) is 5.06. The summed E-state index contributed by atoms with van der Waals surface area (Å²) in [5.74, 6) is -0.0718. The van der Waals surface area contributed by atoms with Gasteiger partial charge in [0.2, 0.25) is 11.8 Å². The normalized spacial score (nSPS) is 24.6. The summed E-state index contributed by atoms with van der Waals surface area (Å²) < 4.78 is 0. The molecule has 0 spiro atoms. The molecule has 114 valence electrons. The average Bonchev–Trinajstić information content (AvgIpc) is 2.51. The molecule has 0 aromatic heterocycles. The number of amides is 2. The maximum atomic E-state index is 12.5. The van der Waals surface area contributed by atoms with E-state index in [0.29, 0.717) is 19.4 Å². The molecule has 0 unspecified atom stereocenters. The lowest BCUT2D eigenvalue weighted by molar-refractivity contribution is -0.154. The summed E-state index contributed by atoms with van der Waals surface area (Å²) in [7, 11) is 0. The molecule has 0 N–H and O–H groups in total.